The fraction of sp³-hybridized carbons (Fsp3) is 1.00. The van der Waals surface area contributed by atoms with Crippen LogP contribution in [-0.2, 0) is 0 Å². The molecule has 0 aromatic rings. The van der Waals surface area contributed by atoms with Gasteiger partial charge < -0.3 is 16.3 Å². The van der Waals surface area contributed by atoms with E-state index in [1.54, 1.807) is 0 Å². The zero-order valence-corrected chi connectivity index (χ0v) is 26.6. The first-order valence-electron chi connectivity index (χ1n) is 15.0. The van der Waals surface area contributed by atoms with Crippen LogP contribution in [-0.4, -0.2) is 31.1 Å². The van der Waals surface area contributed by atoms with Crippen LogP contribution in [0.2, 0.25) is 0 Å². The summed E-state index contributed by atoms with van der Waals surface area (Å²) in [7, 11) is 2.14. The second-order valence-corrected chi connectivity index (χ2v) is 15.3. The van der Waals surface area contributed by atoms with Crippen LogP contribution in [0.1, 0.15) is 135 Å². The van der Waals surface area contributed by atoms with Crippen molar-refractivity contribution in [3.8, 4) is 0 Å². The summed E-state index contributed by atoms with van der Waals surface area (Å²) in [6, 6.07) is 0. The first-order chi connectivity index (χ1) is 15.8. The van der Waals surface area contributed by atoms with E-state index in [0.717, 1.165) is 24.3 Å². The molecule has 0 spiro atoms. The van der Waals surface area contributed by atoms with Gasteiger partial charge in [0.1, 0.15) is 0 Å². The Balaban J connectivity index is 3.48. The minimum Gasteiger partial charge on any atom is -0.357 e. The van der Waals surface area contributed by atoms with E-state index in [-0.39, 0.29) is 27.4 Å². The van der Waals surface area contributed by atoms with Gasteiger partial charge in [0.2, 0.25) is 0 Å². The summed E-state index contributed by atoms with van der Waals surface area (Å²) in [5.41, 5.74) is 7.08. The Kier molecular flexibility index (Phi) is 11.5. The zero-order valence-electron chi connectivity index (χ0n) is 26.6. The smallest absolute Gasteiger partial charge is 0.182 e. The van der Waals surface area contributed by atoms with Gasteiger partial charge in [-0.3, -0.25) is 0 Å². The zero-order chi connectivity index (χ0) is 27.5. The molecule has 0 aromatic carbocycles. The quantitative estimate of drug-likeness (QED) is 0.259. The molecule has 1 aliphatic carbocycles. The van der Waals surface area contributed by atoms with E-state index in [1.807, 2.05) is 0 Å². The van der Waals surface area contributed by atoms with Crippen molar-refractivity contribution in [3.05, 3.63) is 0 Å². The van der Waals surface area contributed by atoms with Crippen LogP contribution in [0.3, 0.4) is 0 Å². The Hall–Kier alpha value is -0.0551. The third-order valence-corrected chi connectivity index (χ3v) is 11.6. The van der Waals surface area contributed by atoms with Gasteiger partial charge in [-0.15, -0.1) is 0 Å². The molecule has 208 valence electrons. The van der Waals surface area contributed by atoms with Crippen molar-refractivity contribution < 1.29 is 0 Å². The van der Waals surface area contributed by atoms with Gasteiger partial charge in [-0.05, 0) is 127 Å². The van der Waals surface area contributed by atoms with E-state index in [9.17, 15) is 0 Å². The molecule has 0 aliphatic heterocycles. The fourth-order valence-electron chi connectivity index (χ4n) is 6.76. The van der Waals surface area contributed by atoms with Crippen LogP contribution >= 0.6 is 0 Å². The average molecular weight is 492 g/mol. The van der Waals surface area contributed by atoms with Gasteiger partial charge in [0, 0.05) is 16.6 Å². The summed E-state index contributed by atoms with van der Waals surface area (Å²) >= 11 is 0. The normalized spacial score (nSPS) is 25.6. The Labute approximate surface area is 222 Å². The van der Waals surface area contributed by atoms with Gasteiger partial charge in [-0.25, -0.2) is 0 Å². The van der Waals surface area contributed by atoms with Gasteiger partial charge >= 0.3 is 0 Å². The number of nitrogens with one attached hydrogen (secondary N) is 2. The maximum atomic E-state index is 7.00. The van der Waals surface area contributed by atoms with Crippen molar-refractivity contribution in [2.75, 3.05) is 6.54 Å². The van der Waals surface area contributed by atoms with Crippen molar-refractivity contribution >= 4 is 7.98 Å². The van der Waals surface area contributed by atoms with E-state index < -0.39 is 0 Å². The Morgan fingerprint density at radius 3 is 1.77 bits per heavy atom. The van der Waals surface area contributed by atoms with Crippen molar-refractivity contribution in [1.29, 1.82) is 0 Å². The third-order valence-electron chi connectivity index (χ3n) is 11.6. The lowest BCUT2D eigenvalue weighted by Crippen LogP contribution is -2.63. The number of hydrogen-bond donors (Lipinski definition) is 3. The summed E-state index contributed by atoms with van der Waals surface area (Å²) in [6.45, 7) is 32.3. The van der Waals surface area contributed by atoms with Gasteiger partial charge in [0.05, 0.1) is 0 Å². The third kappa shape index (κ3) is 7.97. The van der Waals surface area contributed by atoms with Gasteiger partial charge in [-0.2, -0.15) is 0 Å². The van der Waals surface area contributed by atoms with Gasteiger partial charge in [-0.1, -0.05) is 54.9 Å². The molecule has 1 rings (SSSR count). The maximum Gasteiger partial charge on any atom is 0.182 e. The highest BCUT2D eigenvalue weighted by Crippen LogP contribution is 2.57. The molecule has 1 saturated carbocycles. The molecule has 5 unspecified atom stereocenters. The molecule has 1 aliphatic rings. The Morgan fingerprint density at radius 1 is 0.829 bits per heavy atom. The van der Waals surface area contributed by atoms with Gasteiger partial charge in [0.25, 0.3) is 0 Å². The highest BCUT2D eigenvalue weighted by molar-refractivity contribution is 6.04. The summed E-state index contributed by atoms with van der Waals surface area (Å²) < 4.78 is 0. The standard InChI is InChI=1S/C31H66BN3/c1-14-22(3)24-18-16-23(21-34-27(4,5)15-2)17-19-25(20-24)26(28(6,7)30(10,11)33)29(8,9)31(12,13)35-32/h22-26,34-35H,14-21,32-33H2,1-13H3. The summed E-state index contributed by atoms with van der Waals surface area (Å²) in [5.74, 6) is 3.55. The Bertz CT molecular complexity index is 632. The van der Waals surface area contributed by atoms with Crippen molar-refractivity contribution in [2.24, 2.45) is 46.2 Å². The molecule has 0 amide bonds. The van der Waals surface area contributed by atoms with E-state index in [2.05, 4.69) is 109 Å². The van der Waals surface area contributed by atoms with Crippen LogP contribution in [0.5, 0.6) is 0 Å². The first kappa shape index (κ1) is 33.0. The summed E-state index contributed by atoms with van der Waals surface area (Å²) in [5, 5.41) is 7.62. The molecule has 0 radical (unpaired) electrons. The highest BCUT2D eigenvalue weighted by atomic mass is 15.0. The van der Waals surface area contributed by atoms with E-state index in [0.29, 0.717) is 11.8 Å². The second kappa shape index (κ2) is 12.2. The molecule has 0 aromatic heterocycles. The van der Waals surface area contributed by atoms with Crippen LogP contribution in [0.15, 0.2) is 0 Å². The molecular weight excluding hydrogens is 425 g/mol. The summed E-state index contributed by atoms with van der Waals surface area (Å²) in [4.78, 5) is 0. The molecule has 4 N–H and O–H groups in total. The predicted octanol–water partition coefficient (Wildman–Crippen LogP) is 6.95. The fourth-order valence-corrected chi connectivity index (χ4v) is 6.76. The van der Waals surface area contributed by atoms with E-state index in [1.165, 1.54) is 44.9 Å². The molecular formula is C31H66BN3. The predicted molar refractivity (Wildman–Crippen MR) is 160 cm³/mol. The number of nitrogens with two attached hydrogens (primary N) is 1. The minimum atomic E-state index is -0.251. The van der Waals surface area contributed by atoms with E-state index in [4.69, 9.17) is 5.73 Å². The monoisotopic (exact) mass is 492 g/mol. The van der Waals surface area contributed by atoms with E-state index >= 15 is 0 Å². The largest absolute Gasteiger partial charge is 0.357 e. The summed E-state index contributed by atoms with van der Waals surface area (Å²) in [6.07, 6.45) is 9.20. The molecule has 1 fully saturated rings. The minimum absolute atomic E-state index is 0.00638. The first-order valence-corrected chi connectivity index (χ1v) is 15.0. The Morgan fingerprint density at radius 2 is 1.34 bits per heavy atom. The lowest BCUT2D eigenvalue weighted by atomic mass is 9.48. The topological polar surface area (TPSA) is 50.1 Å². The van der Waals surface area contributed by atoms with Crippen molar-refractivity contribution in [3.63, 3.8) is 0 Å². The van der Waals surface area contributed by atoms with Crippen molar-refractivity contribution in [1.82, 2.24) is 10.5 Å². The van der Waals surface area contributed by atoms with Crippen LogP contribution in [0, 0.1) is 40.4 Å². The van der Waals surface area contributed by atoms with Crippen LogP contribution in [0.4, 0.5) is 0 Å². The maximum absolute atomic E-state index is 7.00. The molecule has 5 atom stereocenters. The molecule has 4 heteroatoms. The van der Waals surface area contributed by atoms with Crippen LogP contribution < -0.4 is 16.3 Å². The lowest BCUT2D eigenvalue weighted by Gasteiger charge is -2.60. The average Bonchev–Trinajstić information content (AvgIpc) is 2.73. The lowest BCUT2D eigenvalue weighted by molar-refractivity contribution is -0.0725. The van der Waals surface area contributed by atoms with Crippen LogP contribution in [0.25, 0.3) is 0 Å². The number of hydrogen-bond acceptors (Lipinski definition) is 3. The number of rotatable bonds is 12. The molecule has 35 heavy (non-hydrogen) atoms. The second-order valence-electron chi connectivity index (χ2n) is 15.3. The SMILES string of the molecule is BNC(C)(C)C(C)(C)C(C1CCC(CNC(C)(C)CC)CCC(C(C)CC)C1)C(C)(C)C(C)(C)N. The molecule has 3 nitrogen and oxygen atoms in total. The molecule has 0 bridgehead atoms. The highest BCUT2D eigenvalue weighted by Gasteiger charge is 2.55. The van der Waals surface area contributed by atoms with Crippen molar-refractivity contribution in [2.45, 2.75) is 152 Å². The molecule has 0 saturated heterocycles. The molecule has 0 heterocycles. The van der Waals surface area contributed by atoms with Gasteiger partial charge in [0.15, 0.2) is 7.98 Å².